The zero-order valence-corrected chi connectivity index (χ0v) is 39.0. The number of non-ortho nitro benzene ring substituents is 3. The van der Waals surface area contributed by atoms with Crippen LogP contribution in [0, 0.1) is 42.2 Å². The van der Waals surface area contributed by atoms with Crippen LogP contribution in [0.25, 0.3) is 0 Å². The Morgan fingerprint density at radius 2 is 1.24 bits per heavy atom. The number of nitro benzene ring substituents is 3. The number of rotatable bonds is 16. The Morgan fingerprint density at radius 1 is 0.732 bits per heavy atom. The van der Waals surface area contributed by atoms with Crippen LogP contribution < -0.4 is 5.32 Å². The quantitative estimate of drug-likeness (QED) is 0.0669. The van der Waals surface area contributed by atoms with E-state index in [4.69, 9.17) is 14.2 Å². The first kappa shape index (κ1) is 49.7. The Morgan fingerprint density at radius 3 is 1.72 bits per heavy atom. The third-order valence-corrected chi connectivity index (χ3v) is 14.8. The molecule has 0 spiro atoms. The largest absolute Gasteiger partial charge is 0.456 e. The van der Waals surface area contributed by atoms with Gasteiger partial charge in [-0.2, -0.15) is 0 Å². The number of ether oxygens (including phenoxy) is 3. The summed E-state index contributed by atoms with van der Waals surface area (Å²) in [4.78, 5) is 120. The summed E-state index contributed by atoms with van der Waals surface area (Å²) in [6.07, 6.45) is -1.84. The van der Waals surface area contributed by atoms with Gasteiger partial charge in [0.1, 0.15) is 37.6 Å². The van der Waals surface area contributed by atoms with Crippen LogP contribution in [0.2, 0.25) is 0 Å². The first-order valence-electron chi connectivity index (χ1n) is 22.6. The van der Waals surface area contributed by atoms with E-state index in [9.17, 15) is 64.2 Å². The number of carbonyl (C=O) groups excluding carboxylic acids is 6. The van der Waals surface area contributed by atoms with Crippen molar-refractivity contribution in [2.75, 3.05) is 26.2 Å². The van der Waals surface area contributed by atoms with Crippen molar-refractivity contribution in [2.45, 2.75) is 88.5 Å². The number of amides is 5. The van der Waals surface area contributed by atoms with Crippen molar-refractivity contribution >= 4 is 64.7 Å². The second kappa shape index (κ2) is 20.7. The SMILES string of the molecule is C[C@@H](O)[C@H]1C(=O)N2C(C(=O)OCc3ccc([N+](=O)[O-])cc3)=C(S[C@H]3C[C@@H](C(=O)N4CC[C@H](NC(=O)[C@@H]5CCN5C(=O)OCc5ccc([N+](=O)[O-])cc5)C4)N(C(=O)OCc4ccc([N+](=O)[O-])cc4)C3)[C@H](C)[C@H]12. The number of benzene rings is 3. The van der Waals surface area contributed by atoms with E-state index in [0.29, 0.717) is 34.4 Å². The molecule has 25 heteroatoms. The van der Waals surface area contributed by atoms with E-state index < -0.39 is 98.0 Å². The molecule has 5 heterocycles. The van der Waals surface area contributed by atoms with Gasteiger partial charge in [-0.1, -0.05) is 6.92 Å². The summed E-state index contributed by atoms with van der Waals surface area (Å²) in [5, 5.41) is 46.3. The average Bonchev–Trinajstić information content (AvgIpc) is 4.04. The fraction of sp³-hybridized carbons (Fsp3) is 0.435. The molecule has 4 saturated heterocycles. The molecule has 24 nitrogen and oxygen atoms in total. The molecule has 3 aromatic carbocycles. The molecule has 2 N–H and O–H groups in total. The monoisotopic (exact) mass is 1000 g/mol. The molecule has 0 bridgehead atoms. The number of nitro groups is 3. The number of β-lactam (4-membered cyclic amide) rings is 1. The molecular formula is C46H48N8O16S. The van der Waals surface area contributed by atoms with E-state index in [0.717, 1.165) is 0 Å². The fourth-order valence-electron chi connectivity index (χ4n) is 9.45. The Bertz CT molecular complexity index is 2670. The Labute approximate surface area is 408 Å². The van der Waals surface area contributed by atoms with Crippen LogP contribution in [0.3, 0.4) is 0 Å². The van der Waals surface area contributed by atoms with Gasteiger partial charge in [-0.15, -0.1) is 11.8 Å². The Kier molecular flexibility index (Phi) is 14.5. The van der Waals surface area contributed by atoms with Crippen molar-refractivity contribution in [3.63, 3.8) is 0 Å². The molecule has 8 rings (SSSR count). The summed E-state index contributed by atoms with van der Waals surface area (Å²) in [5.74, 6) is -3.52. The lowest BCUT2D eigenvalue weighted by atomic mass is 9.79. The van der Waals surface area contributed by atoms with Gasteiger partial charge in [-0.05, 0) is 79.3 Å². The average molecular weight is 1000 g/mol. The number of hydrogen-bond donors (Lipinski definition) is 2. The maximum Gasteiger partial charge on any atom is 0.410 e. The molecule has 5 aliphatic heterocycles. The Hall–Kier alpha value is -7.67. The summed E-state index contributed by atoms with van der Waals surface area (Å²) in [6, 6.07) is 13.3. The van der Waals surface area contributed by atoms with Gasteiger partial charge >= 0.3 is 18.2 Å². The van der Waals surface area contributed by atoms with Gasteiger partial charge < -0.3 is 34.4 Å². The van der Waals surface area contributed by atoms with Gasteiger partial charge in [0, 0.05) is 84.7 Å². The van der Waals surface area contributed by atoms with Crippen LogP contribution in [-0.2, 0) is 53.2 Å². The van der Waals surface area contributed by atoms with Gasteiger partial charge in [0.2, 0.25) is 17.7 Å². The summed E-state index contributed by atoms with van der Waals surface area (Å²) in [6.45, 7) is 3.07. The molecule has 5 amide bonds. The van der Waals surface area contributed by atoms with E-state index in [-0.39, 0.29) is 75.2 Å². The number of aliphatic hydroxyl groups excluding tert-OH is 1. The number of fused-ring (bicyclic) bond motifs is 1. The number of esters is 1. The van der Waals surface area contributed by atoms with Crippen LogP contribution in [0.15, 0.2) is 83.4 Å². The molecule has 0 radical (unpaired) electrons. The highest BCUT2D eigenvalue weighted by Gasteiger charge is 2.61. The first-order valence-corrected chi connectivity index (χ1v) is 23.5. The number of carbonyl (C=O) groups is 6. The predicted octanol–water partition coefficient (Wildman–Crippen LogP) is 4.16. The zero-order chi connectivity index (χ0) is 50.8. The molecule has 4 fully saturated rings. The number of hydrogen-bond acceptors (Lipinski definition) is 17. The minimum Gasteiger partial charge on any atom is -0.456 e. The van der Waals surface area contributed by atoms with Gasteiger partial charge in [-0.25, -0.2) is 14.4 Å². The lowest BCUT2D eigenvalue weighted by Crippen LogP contribution is -2.63. The number of aliphatic hydroxyl groups is 1. The second-order valence-corrected chi connectivity index (χ2v) is 19.2. The summed E-state index contributed by atoms with van der Waals surface area (Å²) < 4.78 is 16.7. The van der Waals surface area contributed by atoms with E-state index in [2.05, 4.69) is 5.32 Å². The molecule has 0 aromatic heterocycles. The maximum absolute atomic E-state index is 14.5. The molecule has 374 valence electrons. The zero-order valence-electron chi connectivity index (χ0n) is 38.2. The number of thioether (sulfide) groups is 1. The van der Waals surface area contributed by atoms with Crippen LogP contribution in [0.1, 0.15) is 49.8 Å². The van der Waals surface area contributed by atoms with Crippen molar-refractivity contribution in [3.8, 4) is 0 Å². The molecule has 8 atom stereocenters. The molecule has 0 saturated carbocycles. The smallest absolute Gasteiger partial charge is 0.410 e. The maximum atomic E-state index is 14.5. The van der Waals surface area contributed by atoms with Gasteiger partial charge in [0.25, 0.3) is 17.1 Å². The Balaban J connectivity index is 0.951. The molecule has 5 aliphatic rings. The normalized spacial score (nSPS) is 23.8. The highest BCUT2D eigenvalue weighted by molar-refractivity contribution is 8.03. The summed E-state index contributed by atoms with van der Waals surface area (Å²) in [5.41, 5.74) is 0.939. The predicted molar refractivity (Wildman–Crippen MR) is 246 cm³/mol. The third-order valence-electron chi connectivity index (χ3n) is 13.3. The number of likely N-dealkylation sites (tertiary alicyclic amines) is 3. The molecule has 0 aliphatic carbocycles. The highest BCUT2D eigenvalue weighted by atomic mass is 32.2. The van der Waals surface area contributed by atoms with Crippen molar-refractivity contribution in [1.82, 2.24) is 24.9 Å². The van der Waals surface area contributed by atoms with Crippen molar-refractivity contribution < 1.29 is 62.9 Å². The van der Waals surface area contributed by atoms with E-state index >= 15 is 0 Å². The lowest BCUT2D eigenvalue weighted by Gasteiger charge is -2.46. The van der Waals surface area contributed by atoms with E-state index in [1.807, 2.05) is 0 Å². The second-order valence-electron chi connectivity index (χ2n) is 17.8. The van der Waals surface area contributed by atoms with Crippen molar-refractivity contribution in [2.24, 2.45) is 11.8 Å². The summed E-state index contributed by atoms with van der Waals surface area (Å²) >= 11 is 1.20. The molecular weight excluding hydrogens is 953 g/mol. The standard InChI is InChI=1S/C46H48N8O16S/c1-25-38-37(26(2)55)43(58)51(38)39(44(59)68-22-27-3-9-31(10-4-27)52(62)63)40(25)71-34-19-36(50(21-34)46(61)70-24-29-7-13-33(14-8-29)54(66)67)42(57)48-17-15-30(20-48)47-41(56)35-16-18-49(35)45(60)69-23-28-5-11-32(12-6-28)53(64)65/h3-14,25-26,30,34-38,55H,15-24H2,1-2H3,(H,47,56)/t25-,26-,30+,34+,35+,36+,37-,38-/m1/s1. The van der Waals surface area contributed by atoms with Gasteiger partial charge in [0.15, 0.2) is 0 Å². The van der Waals surface area contributed by atoms with E-state index in [1.165, 1.54) is 111 Å². The van der Waals surface area contributed by atoms with E-state index in [1.54, 1.807) is 6.92 Å². The summed E-state index contributed by atoms with van der Waals surface area (Å²) in [7, 11) is 0. The fourth-order valence-corrected chi connectivity index (χ4v) is 11.0. The lowest BCUT2D eigenvalue weighted by molar-refractivity contribution is -0.385. The third kappa shape index (κ3) is 10.5. The first-order chi connectivity index (χ1) is 33.9. The number of nitrogens with one attached hydrogen (secondary N) is 1. The van der Waals surface area contributed by atoms with Crippen LogP contribution in [-0.4, -0.2) is 137 Å². The van der Waals surface area contributed by atoms with Gasteiger partial charge in [0.05, 0.1) is 32.8 Å². The highest BCUT2D eigenvalue weighted by Crippen LogP contribution is 2.52. The topological polar surface area (TPSA) is 305 Å². The minimum absolute atomic E-state index is 0.0423. The van der Waals surface area contributed by atoms with Crippen molar-refractivity contribution in [3.05, 3.63) is 130 Å². The number of nitrogens with zero attached hydrogens (tertiary/aromatic N) is 7. The van der Waals surface area contributed by atoms with Crippen LogP contribution in [0.4, 0.5) is 26.7 Å². The van der Waals surface area contributed by atoms with Crippen LogP contribution in [0.5, 0.6) is 0 Å². The van der Waals surface area contributed by atoms with Gasteiger partial charge in [-0.3, -0.25) is 54.5 Å². The van der Waals surface area contributed by atoms with Crippen molar-refractivity contribution in [1.29, 1.82) is 0 Å². The molecule has 3 aromatic rings. The molecule has 0 unspecified atom stereocenters. The van der Waals surface area contributed by atoms with Crippen LogP contribution >= 0.6 is 11.8 Å². The minimum atomic E-state index is -1.09. The molecule has 71 heavy (non-hydrogen) atoms.